The molecule has 0 aliphatic carbocycles. The van der Waals surface area contributed by atoms with E-state index < -0.39 is 71.9 Å². The molecular weight excluding hydrogens is 977 g/mol. The number of benzene rings is 6. The van der Waals surface area contributed by atoms with Crippen LogP contribution in [-0.2, 0) is 30.1 Å². The van der Waals surface area contributed by atoms with Gasteiger partial charge in [-0.15, -0.1) is 0 Å². The van der Waals surface area contributed by atoms with Gasteiger partial charge in [-0.25, -0.2) is 9.97 Å². The molecule has 4 heterocycles. The lowest BCUT2D eigenvalue weighted by atomic mass is 9.80. The van der Waals surface area contributed by atoms with Crippen molar-refractivity contribution in [2.24, 2.45) is 0 Å². The van der Waals surface area contributed by atoms with E-state index in [1.165, 1.54) is 10.9 Å². The summed E-state index contributed by atoms with van der Waals surface area (Å²) in [6.07, 6.45) is -11.3. The van der Waals surface area contributed by atoms with E-state index in [2.05, 4.69) is 9.97 Å². The Hall–Kier alpha value is -7.49. The lowest BCUT2D eigenvalue weighted by Gasteiger charge is -2.43. The molecule has 8 aromatic rings. The van der Waals surface area contributed by atoms with Crippen LogP contribution in [0.15, 0.2) is 175 Å². The van der Waals surface area contributed by atoms with Crippen LogP contribution in [0.25, 0.3) is 11.2 Å². The van der Waals surface area contributed by atoms with Crippen molar-refractivity contribution in [2.75, 3.05) is 41.7 Å². The quantitative estimate of drug-likeness (QED) is 0.0693. The molecule has 0 amide bonds. The lowest BCUT2D eigenvalue weighted by Crippen LogP contribution is -2.58. The molecule has 6 aromatic carbocycles. The summed E-state index contributed by atoms with van der Waals surface area (Å²) in [7, 11) is 6.31. The first-order chi connectivity index (χ1) is 36.9. The highest BCUT2D eigenvalue weighted by Crippen LogP contribution is 2.45. The summed E-state index contributed by atoms with van der Waals surface area (Å²) in [6, 6.07) is 48.6. The van der Waals surface area contributed by atoms with E-state index in [4.69, 9.17) is 37.9 Å². The Morgan fingerprint density at radius 2 is 0.763 bits per heavy atom. The van der Waals surface area contributed by atoms with Crippen LogP contribution in [-0.4, -0.2) is 129 Å². The second kappa shape index (κ2) is 22.0. The van der Waals surface area contributed by atoms with E-state index in [9.17, 15) is 30.3 Å². The number of hydrogen-bond donors (Lipinski definition) is 5. The molecule has 10 rings (SSSR count). The van der Waals surface area contributed by atoms with Gasteiger partial charge in [0.1, 0.15) is 83.3 Å². The summed E-state index contributed by atoms with van der Waals surface area (Å²) in [4.78, 5) is 23.3. The third-order valence-corrected chi connectivity index (χ3v) is 14.4. The summed E-state index contributed by atoms with van der Waals surface area (Å²) in [5.74, 6) is 2.51. The zero-order valence-corrected chi connectivity index (χ0v) is 42.0. The average molecular weight is 1040 g/mol. The molecule has 5 N–H and O–H groups in total. The molecule has 9 atom stereocenters. The maximum absolute atomic E-state index is 14.5. The van der Waals surface area contributed by atoms with Gasteiger partial charge in [0.2, 0.25) is 0 Å². The first kappa shape index (κ1) is 52.0. The second-order valence-electron chi connectivity index (χ2n) is 18.5. The number of aliphatic hydroxyl groups excluding tert-OH is 5. The van der Waals surface area contributed by atoms with Gasteiger partial charge in [0, 0.05) is 0 Å². The Balaban J connectivity index is 0.931. The first-order valence-corrected chi connectivity index (χ1v) is 24.6. The van der Waals surface area contributed by atoms with Gasteiger partial charge in [0.25, 0.3) is 5.56 Å². The second-order valence-corrected chi connectivity index (χ2v) is 18.5. The lowest BCUT2D eigenvalue weighted by molar-refractivity contribution is -0.259. The SMILES string of the molecule is COc1ccc(C(OC[C@H]2O[C@@H](n3cnc4c(ncn4[C@@H]4O[C@H](COC(c5ccccc5)(c5ccc(OC)cc5)c5ccc(OC)cc5)[C@@H](O)[C@H]4O)c3=O)[C@H](O)[C@@H](O)[C@@H]2O)(c2ccccc2)c2ccc(OC)cc2)cc1. The minimum atomic E-state index is -1.82. The predicted octanol–water partition coefficient (Wildman–Crippen LogP) is 5.24. The highest BCUT2D eigenvalue weighted by molar-refractivity contribution is 5.69. The van der Waals surface area contributed by atoms with Gasteiger partial charge in [0.05, 0.1) is 48.0 Å². The number of rotatable bonds is 18. The Morgan fingerprint density at radius 1 is 0.434 bits per heavy atom. The number of imidazole rings is 1. The van der Waals surface area contributed by atoms with Crippen LogP contribution in [0.3, 0.4) is 0 Å². The van der Waals surface area contributed by atoms with Crippen LogP contribution >= 0.6 is 0 Å². The average Bonchev–Trinajstić information content (AvgIpc) is 4.08. The largest absolute Gasteiger partial charge is 0.497 e. The molecule has 394 valence electrons. The van der Waals surface area contributed by atoms with Crippen molar-refractivity contribution in [1.29, 1.82) is 0 Å². The molecule has 2 fully saturated rings. The monoisotopic (exact) mass is 1030 g/mol. The minimum Gasteiger partial charge on any atom is -0.497 e. The highest BCUT2D eigenvalue weighted by atomic mass is 16.6. The number of methoxy groups -OCH3 is 4. The van der Waals surface area contributed by atoms with Crippen LogP contribution in [0.1, 0.15) is 45.8 Å². The number of fused-ring (bicyclic) bond motifs is 1. The van der Waals surface area contributed by atoms with Crippen molar-refractivity contribution in [2.45, 2.75) is 66.4 Å². The molecule has 2 aliphatic heterocycles. The maximum atomic E-state index is 14.5. The predicted molar refractivity (Wildman–Crippen MR) is 276 cm³/mol. The van der Waals surface area contributed by atoms with Gasteiger partial charge in [-0.3, -0.25) is 13.9 Å². The van der Waals surface area contributed by atoms with Crippen molar-refractivity contribution in [3.8, 4) is 23.0 Å². The van der Waals surface area contributed by atoms with E-state index in [1.807, 2.05) is 133 Å². The smallest absolute Gasteiger partial charge is 0.283 e. The highest BCUT2D eigenvalue weighted by Gasteiger charge is 2.49. The summed E-state index contributed by atoms with van der Waals surface area (Å²) in [6.45, 7) is -0.582. The zero-order chi connectivity index (χ0) is 53.1. The molecule has 2 aliphatic rings. The van der Waals surface area contributed by atoms with Gasteiger partial charge in [-0.2, -0.15) is 0 Å². The Kier molecular flexibility index (Phi) is 15.0. The fourth-order valence-corrected chi connectivity index (χ4v) is 10.3. The van der Waals surface area contributed by atoms with Crippen LogP contribution in [0.5, 0.6) is 23.0 Å². The van der Waals surface area contributed by atoms with Crippen molar-refractivity contribution in [3.05, 3.63) is 214 Å². The number of hydrogen-bond acceptors (Lipinski definition) is 16. The van der Waals surface area contributed by atoms with Gasteiger partial charge in [-0.1, -0.05) is 109 Å². The fourth-order valence-electron chi connectivity index (χ4n) is 10.3. The van der Waals surface area contributed by atoms with Crippen LogP contribution in [0.2, 0.25) is 0 Å². The number of nitrogens with zero attached hydrogens (tertiary/aromatic N) is 4. The maximum Gasteiger partial charge on any atom is 0.283 e. The topological polar surface area (TPSA) is 228 Å². The third-order valence-electron chi connectivity index (χ3n) is 14.4. The van der Waals surface area contributed by atoms with E-state index >= 15 is 0 Å². The Labute approximate surface area is 437 Å². The molecule has 18 heteroatoms. The normalized spacial score (nSPS) is 22.8. The van der Waals surface area contributed by atoms with Gasteiger partial charge >= 0.3 is 0 Å². The molecule has 0 saturated carbocycles. The van der Waals surface area contributed by atoms with Gasteiger partial charge in [-0.05, 0) is 81.9 Å². The number of aromatic nitrogens is 4. The summed E-state index contributed by atoms with van der Waals surface area (Å²) in [5.41, 5.74) is 0.740. The molecule has 2 saturated heterocycles. The van der Waals surface area contributed by atoms with E-state index in [1.54, 1.807) is 52.7 Å². The van der Waals surface area contributed by atoms with Crippen molar-refractivity contribution < 1.29 is 63.4 Å². The molecule has 18 nitrogen and oxygen atoms in total. The van der Waals surface area contributed by atoms with Gasteiger partial charge in [0.15, 0.2) is 23.6 Å². The molecule has 0 bridgehead atoms. The molecule has 2 aromatic heterocycles. The van der Waals surface area contributed by atoms with Crippen LogP contribution in [0, 0.1) is 0 Å². The molecule has 0 unspecified atom stereocenters. The van der Waals surface area contributed by atoms with Crippen LogP contribution < -0.4 is 24.5 Å². The summed E-state index contributed by atoms with van der Waals surface area (Å²) >= 11 is 0. The third kappa shape index (κ3) is 9.37. The van der Waals surface area contributed by atoms with Crippen molar-refractivity contribution in [1.82, 2.24) is 19.1 Å². The Bertz CT molecular complexity index is 3160. The molecule has 0 spiro atoms. The summed E-state index contributed by atoms with van der Waals surface area (Å²) in [5, 5.41) is 57.6. The van der Waals surface area contributed by atoms with Crippen molar-refractivity contribution >= 4 is 11.2 Å². The Morgan fingerprint density at radius 3 is 1.14 bits per heavy atom. The zero-order valence-electron chi connectivity index (χ0n) is 42.0. The minimum absolute atomic E-state index is 0.0217. The van der Waals surface area contributed by atoms with Crippen LogP contribution in [0.4, 0.5) is 0 Å². The first-order valence-electron chi connectivity index (χ1n) is 24.6. The van der Waals surface area contributed by atoms with E-state index in [0.717, 1.165) is 33.1 Å². The molecular formula is C58H58N4O14. The summed E-state index contributed by atoms with van der Waals surface area (Å²) < 4.78 is 50.9. The van der Waals surface area contributed by atoms with E-state index in [-0.39, 0.29) is 24.4 Å². The van der Waals surface area contributed by atoms with Gasteiger partial charge < -0.3 is 63.4 Å². The number of aliphatic hydroxyl groups is 5. The van der Waals surface area contributed by atoms with E-state index in [0.29, 0.717) is 34.1 Å². The standard InChI is InChI=1S/C58H58N4O14/c1-69-41-23-15-37(16-24-41)57(35-11-7-5-8-12-35,38-17-25-42(70-2)26-18-38)73-31-45-48(63)50(65)52(67)56(76-45)62-34-60-53-47(54(62)68)59-33-61(53)55-51(66)49(64)46(75-55)32-74-58(36-13-9-6-10-14-36,39-19-27-43(71-3)28-20-39)40-21-29-44(72-4)30-22-40/h5-30,33-34,45-46,48-52,55-56,63-67H,31-32H2,1-4H3/t45-,46-,48-,49-,50+,51-,52-,55-,56-/m1/s1. The molecule has 0 radical (unpaired) electrons. The number of ether oxygens (including phenoxy) is 8. The van der Waals surface area contributed by atoms with Crippen molar-refractivity contribution in [3.63, 3.8) is 0 Å². The molecule has 76 heavy (non-hydrogen) atoms. The fraction of sp³-hybridized carbons (Fsp3) is 0.293.